The molecule has 1 aromatic heterocycles. The van der Waals surface area contributed by atoms with Crippen LogP contribution in [0.15, 0.2) is 16.5 Å². The summed E-state index contributed by atoms with van der Waals surface area (Å²) in [6, 6.07) is 6.24. The maximum absolute atomic E-state index is 8.85. The fourth-order valence-electron chi connectivity index (χ4n) is 1.27. The fraction of sp³-hybridized carbons (Fsp3) is 0.583. The van der Waals surface area contributed by atoms with Crippen LogP contribution in [0.3, 0.4) is 0 Å². The van der Waals surface area contributed by atoms with Crippen molar-refractivity contribution < 1.29 is 4.42 Å². The Morgan fingerprint density at radius 3 is 2.75 bits per heavy atom. The quantitative estimate of drug-likeness (QED) is 0.828. The Kier molecular flexibility index (Phi) is 4.91. The van der Waals surface area contributed by atoms with Crippen molar-refractivity contribution in [3.05, 3.63) is 23.7 Å². The van der Waals surface area contributed by atoms with E-state index in [1.807, 2.05) is 26.0 Å². The molecular formula is C12H18N2OS. The van der Waals surface area contributed by atoms with Crippen LogP contribution < -0.4 is 5.32 Å². The first-order chi connectivity index (χ1) is 7.57. The first-order valence-corrected chi connectivity index (χ1v) is 6.65. The molecule has 0 radical (unpaired) electrons. The highest BCUT2D eigenvalue weighted by molar-refractivity contribution is 7.97. The van der Waals surface area contributed by atoms with E-state index in [0.717, 1.165) is 17.3 Å². The van der Waals surface area contributed by atoms with Crippen LogP contribution in [0.2, 0.25) is 0 Å². The largest absolute Gasteiger partial charge is 0.464 e. The van der Waals surface area contributed by atoms with Gasteiger partial charge in [0.05, 0.1) is 23.8 Å². The number of nitrogens with zero attached hydrogens (tertiary/aromatic N) is 1. The Bertz CT molecular complexity index is 365. The van der Waals surface area contributed by atoms with E-state index in [9.17, 15) is 0 Å². The molecular weight excluding hydrogens is 220 g/mol. The number of thioether (sulfide) groups is 1. The lowest BCUT2D eigenvalue weighted by Gasteiger charge is -2.14. The molecule has 0 aliphatic heterocycles. The van der Waals surface area contributed by atoms with Crippen LogP contribution in [0.4, 0.5) is 0 Å². The maximum atomic E-state index is 8.85. The van der Waals surface area contributed by atoms with Gasteiger partial charge in [-0.1, -0.05) is 0 Å². The number of nitrogens with one attached hydrogen (secondary N) is 1. The van der Waals surface area contributed by atoms with E-state index in [1.54, 1.807) is 11.8 Å². The SMILES string of the molecule is CSCc1ccc(CNCC(C)(C)C#N)o1. The van der Waals surface area contributed by atoms with E-state index in [0.29, 0.717) is 13.1 Å². The topological polar surface area (TPSA) is 49.0 Å². The van der Waals surface area contributed by atoms with Crippen LogP contribution in [-0.2, 0) is 12.3 Å². The van der Waals surface area contributed by atoms with Gasteiger partial charge < -0.3 is 9.73 Å². The molecule has 1 rings (SSSR count). The van der Waals surface area contributed by atoms with Gasteiger partial charge in [-0.2, -0.15) is 17.0 Å². The molecule has 88 valence electrons. The number of rotatable bonds is 6. The third-order valence-corrected chi connectivity index (χ3v) is 2.75. The number of nitriles is 1. The highest BCUT2D eigenvalue weighted by Gasteiger charge is 2.15. The number of furan rings is 1. The van der Waals surface area contributed by atoms with Gasteiger partial charge in [-0.25, -0.2) is 0 Å². The summed E-state index contributed by atoms with van der Waals surface area (Å²) in [4.78, 5) is 0. The van der Waals surface area contributed by atoms with Crippen LogP contribution in [0.5, 0.6) is 0 Å². The lowest BCUT2D eigenvalue weighted by atomic mass is 9.96. The molecule has 0 saturated heterocycles. The summed E-state index contributed by atoms with van der Waals surface area (Å²) in [5, 5.41) is 12.1. The zero-order chi connectivity index (χ0) is 12.0. The summed E-state index contributed by atoms with van der Waals surface area (Å²) in [6.45, 7) is 5.18. The molecule has 0 amide bonds. The molecule has 0 aliphatic carbocycles. The van der Waals surface area contributed by atoms with Gasteiger partial charge in [0, 0.05) is 6.54 Å². The van der Waals surface area contributed by atoms with Crippen LogP contribution in [0, 0.1) is 16.7 Å². The molecule has 0 atom stereocenters. The van der Waals surface area contributed by atoms with Crippen molar-refractivity contribution in [2.24, 2.45) is 5.41 Å². The highest BCUT2D eigenvalue weighted by Crippen LogP contribution is 2.14. The molecule has 0 bridgehead atoms. The second-order valence-corrected chi connectivity index (χ2v) is 5.27. The highest BCUT2D eigenvalue weighted by atomic mass is 32.2. The van der Waals surface area contributed by atoms with Crippen LogP contribution in [0.25, 0.3) is 0 Å². The van der Waals surface area contributed by atoms with E-state index >= 15 is 0 Å². The second-order valence-electron chi connectivity index (χ2n) is 4.40. The predicted octanol–water partition coefficient (Wildman–Crippen LogP) is 2.78. The summed E-state index contributed by atoms with van der Waals surface area (Å²) >= 11 is 1.74. The lowest BCUT2D eigenvalue weighted by Crippen LogP contribution is -2.27. The zero-order valence-corrected chi connectivity index (χ0v) is 10.9. The van der Waals surface area contributed by atoms with E-state index in [2.05, 4.69) is 17.6 Å². The standard InChI is InChI=1S/C12H18N2OS/c1-12(2,8-13)9-14-6-10-4-5-11(15-10)7-16-3/h4-5,14H,6-7,9H2,1-3H3. The zero-order valence-electron chi connectivity index (χ0n) is 10.0. The van der Waals surface area contributed by atoms with Crippen molar-refractivity contribution in [1.29, 1.82) is 5.26 Å². The van der Waals surface area contributed by atoms with E-state index in [4.69, 9.17) is 9.68 Å². The Hall–Kier alpha value is -0.920. The Labute approximate surface area is 101 Å². The molecule has 0 aliphatic rings. The van der Waals surface area contributed by atoms with Crippen LogP contribution >= 0.6 is 11.8 Å². The Balaban J connectivity index is 2.35. The Morgan fingerprint density at radius 1 is 1.44 bits per heavy atom. The molecule has 1 N–H and O–H groups in total. The second kappa shape index (κ2) is 5.97. The van der Waals surface area contributed by atoms with Crippen molar-refractivity contribution in [1.82, 2.24) is 5.32 Å². The van der Waals surface area contributed by atoms with Gasteiger partial charge in [-0.15, -0.1) is 0 Å². The minimum Gasteiger partial charge on any atom is -0.464 e. The lowest BCUT2D eigenvalue weighted by molar-refractivity contribution is 0.410. The number of hydrogen-bond acceptors (Lipinski definition) is 4. The summed E-state index contributed by atoms with van der Waals surface area (Å²) in [5.41, 5.74) is -0.325. The average Bonchev–Trinajstić information content (AvgIpc) is 2.66. The first kappa shape index (κ1) is 13.1. The molecule has 1 aromatic rings. The predicted molar refractivity (Wildman–Crippen MR) is 67.0 cm³/mol. The van der Waals surface area contributed by atoms with Gasteiger partial charge in [-0.3, -0.25) is 0 Å². The van der Waals surface area contributed by atoms with E-state index < -0.39 is 0 Å². The van der Waals surface area contributed by atoms with Crippen LogP contribution in [0.1, 0.15) is 25.4 Å². The fourth-order valence-corrected chi connectivity index (χ4v) is 1.71. The first-order valence-electron chi connectivity index (χ1n) is 5.26. The van der Waals surface area contributed by atoms with Gasteiger partial charge in [-0.05, 0) is 32.2 Å². The van der Waals surface area contributed by atoms with E-state index in [-0.39, 0.29) is 5.41 Å². The van der Waals surface area contributed by atoms with Gasteiger partial charge in [0.1, 0.15) is 11.5 Å². The monoisotopic (exact) mass is 238 g/mol. The molecule has 0 unspecified atom stereocenters. The van der Waals surface area contributed by atoms with Crippen molar-refractivity contribution in [3.63, 3.8) is 0 Å². The molecule has 0 fully saturated rings. The molecule has 0 saturated carbocycles. The summed E-state index contributed by atoms with van der Waals surface area (Å²) in [7, 11) is 0. The van der Waals surface area contributed by atoms with Gasteiger partial charge >= 0.3 is 0 Å². The summed E-state index contributed by atoms with van der Waals surface area (Å²) in [6.07, 6.45) is 2.05. The minimum absolute atomic E-state index is 0.325. The van der Waals surface area contributed by atoms with Gasteiger partial charge in [0.25, 0.3) is 0 Å². The molecule has 16 heavy (non-hydrogen) atoms. The van der Waals surface area contributed by atoms with E-state index in [1.165, 1.54) is 0 Å². The van der Waals surface area contributed by atoms with Crippen molar-refractivity contribution in [2.45, 2.75) is 26.1 Å². The number of hydrogen-bond donors (Lipinski definition) is 1. The summed E-state index contributed by atoms with van der Waals surface area (Å²) < 4.78 is 5.61. The van der Waals surface area contributed by atoms with Crippen molar-refractivity contribution in [2.75, 3.05) is 12.8 Å². The molecule has 3 nitrogen and oxygen atoms in total. The molecule has 0 aromatic carbocycles. The van der Waals surface area contributed by atoms with Crippen LogP contribution in [-0.4, -0.2) is 12.8 Å². The molecule has 1 heterocycles. The minimum atomic E-state index is -0.325. The average molecular weight is 238 g/mol. The third kappa shape index (κ3) is 4.30. The summed E-state index contributed by atoms with van der Waals surface area (Å²) in [5.74, 6) is 2.84. The van der Waals surface area contributed by atoms with Gasteiger partial charge in [0.2, 0.25) is 0 Å². The normalized spacial score (nSPS) is 11.4. The molecule has 4 heteroatoms. The van der Waals surface area contributed by atoms with Crippen molar-refractivity contribution >= 4 is 11.8 Å². The smallest absolute Gasteiger partial charge is 0.118 e. The maximum Gasteiger partial charge on any atom is 0.118 e. The van der Waals surface area contributed by atoms with Gasteiger partial charge in [0.15, 0.2) is 0 Å². The third-order valence-electron chi connectivity index (χ3n) is 2.17. The Morgan fingerprint density at radius 2 is 2.12 bits per heavy atom. The molecule has 0 spiro atoms. The van der Waals surface area contributed by atoms with Crippen molar-refractivity contribution in [3.8, 4) is 6.07 Å².